The van der Waals surface area contributed by atoms with Gasteiger partial charge in [-0.15, -0.1) is 0 Å². The van der Waals surface area contributed by atoms with E-state index in [1.807, 2.05) is 7.05 Å². The van der Waals surface area contributed by atoms with Gasteiger partial charge in [-0.1, -0.05) is 0 Å². The van der Waals surface area contributed by atoms with E-state index in [4.69, 9.17) is 14.6 Å². The molecule has 0 spiro atoms. The second kappa shape index (κ2) is 5.54. The Hall–Kier alpha value is -0.160. The highest BCUT2D eigenvalue weighted by Crippen LogP contribution is 2.07. The molecule has 0 bridgehead atoms. The second-order valence-electron chi connectivity index (χ2n) is 3.67. The lowest BCUT2D eigenvalue weighted by Gasteiger charge is -2.27. The Morgan fingerprint density at radius 3 is 2.92 bits per heavy atom. The van der Waals surface area contributed by atoms with Gasteiger partial charge in [0.2, 0.25) is 0 Å². The quantitative estimate of drug-likeness (QED) is 0.679. The van der Waals surface area contributed by atoms with E-state index in [1.54, 1.807) is 6.92 Å². The number of aliphatic hydroxyl groups excluding tert-OH is 1. The molecule has 1 fully saturated rings. The Morgan fingerprint density at radius 2 is 2.38 bits per heavy atom. The molecule has 1 saturated heterocycles. The molecule has 0 radical (unpaired) electrons. The standard InChI is InChI=1S/C9H19NO3/c1-8(11)5-10(2)6-9-3-4-12-7-13-9/h8-9,11H,3-7H2,1-2H3. The number of hydrogen-bond acceptors (Lipinski definition) is 4. The van der Waals surface area contributed by atoms with Crippen LogP contribution in [0.15, 0.2) is 0 Å². The van der Waals surface area contributed by atoms with Crippen LogP contribution in [0.4, 0.5) is 0 Å². The molecule has 1 heterocycles. The minimum Gasteiger partial charge on any atom is -0.392 e. The number of nitrogens with zero attached hydrogens (tertiary/aromatic N) is 1. The van der Waals surface area contributed by atoms with Gasteiger partial charge < -0.3 is 19.5 Å². The summed E-state index contributed by atoms with van der Waals surface area (Å²) in [5, 5.41) is 9.15. The van der Waals surface area contributed by atoms with E-state index in [-0.39, 0.29) is 12.2 Å². The van der Waals surface area contributed by atoms with Crippen molar-refractivity contribution >= 4 is 0 Å². The number of likely N-dealkylation sites (N-methyl/N-ethyl adjacent to an activating group) is 1. The monoisotopic (exact) mass is 189 g/mol. The van der Waals surface area contributed by atoms with Crippen molar-refractivity contribution in [2.75, 3.05) is 33.5 Å². The Bertz CT molecular complexity index is 135. The van der Waals surface area contributed by atoms with E-state index in [9.17, 15) is 0 Å². The number of aliphatic hydroxyl groups is 1. The highest BCUT2D eigenvalue weighted by atomic mass is 16.7. The fourth-order valence-corrected chi connectivity index (χ4v) is 1.52. The third kappa shape index (κ3) is 4.57. The van der Waals surface area contributed by atoms with Crippen molar-refractivity contribution in [1.82, 2.24) is 4.90 Å². The largest absolute Gasteiger partial charge is 0.392 e. The average molecular weight is 189 g/mol. The van der Waals surface area contributed by atoms with E-state index in [1.165, 1.54) is 0 Å². The Kier molecular flexibility index (Phi) is 4.66. The predicted octanol–water partition coefficient (Wildman–Crippen LogP) is 0.0620. The molecular formula is C9H19NO3. The first-order valence-electron chi connectivity index (χ1n) is 4.74. The maximum atomic E-state index is 9.15. The average Bonchev–Trinajstić information content (AvgIpc) is 2.04. The van der Waals surface area contributed by atoms with Crippen LogP contribution >= 0.6 is 0 Å². The van der Waals surface area contributed by atoms with Crippen LogP contribution in [0.3, 0.4) is 0 Å². The van der Waals surface area contributed by atoms with Gasteiger partial charge in [-0.2, -0.15) is 0 Å². The Morgan fingerprint density at radius 1 is 1.62 bits per heavy atom. The molecule has 1 aliphatic rings. The van der Waals surface area contributed by atoms with E-state index in [0.717, 1.165) is 19.6 Å². The molecular weight excluding hydrogens is 170 g/mol. The van der Waals surface area contributed by atoms with Gasteiger partial charge >= 0.3 is 0 Å². The second-order valence-corrected chi connectivity index (χ2v) is 3.67. The summed E-state index contributed by atoms with van der Waals surface area (Å²) in [5.74, 6) is 0. The maximum absolute atomic E-state index is 9.15. The summed E-state index contributed by atoms with van der Waals surface area (Å²) in [5.41, 5.74) is 0. The predicted molar refractivity (Wildman–Crippen MR) is 49.5 cm³/mol. The van der Waals surface area contributed by atoms with Crippen LogP contribution in [0, 0.1) is 0 Å². The Labute approximate surface area is 79.4 Å². The summed E-state index contributed by atoms with van der Waals surface area (Å²) in [6.07, 6.45) is 0.937. The molecule has 2 atom stereocenters. The topological polar surface area (TPSA) is 41.9 Å². The van der Waals surface area contributed by atoms with Gasteiger partial charge in [-0.25, -0.2) is 0 Å². The van der Waals surface area contributed by atoms with E-state index < -0.39 is 0 Å². The first kappa shape index (κ1) is 10.9. The van der Waals surface area contributed by atoms with Crippen molar-refractivity contribution in [3.63, 3.8) is 0 Å². The number of ether oxygens (including phenoxy) is 2. The SMILES string of the molecule is CC(O)CN(C)CC1CCOCO1. The van der Waals surface area contributed by atoms with Crippen molar-refractivity contribution in [1.29, 1.82) is 0 Å². The van der Waals surface area contributed by atoms with Gasteiger partial charge in [0, 0.05) is 13.1 Å². The zero-order valence-corrected chi connectivity index (χ0v) is 8.40. The molecule has 78 valence electrons. The van der Waals surface area contributed by atoms with Crippen molar-refractivity contribution in [3.05, 3.63) is 0 Å². The maximum Gasteiger partial charge on any atom is 0.147 e. The summed E-state index contributed by atoms with van der Waals surface area (Å²) < 4.78 is 10.5. The van der Waals surface area contributed by atoms with Crippen LogP contribution in [0.1, 0.15) is 13.3 Å². The lowest BCUT2D eigenvalue weighted by atomic mass is 10.2. The molecule has 1 N–H and O–H groups in total. The molecule has 0 aromatic rings. The van der Waals surface area contributed by atoms with Gasteiger partial charge in [-0.3, -0.25) is 0 Å². The molecule has 13 heavy (non-hydrogen) atoms. The highest BCUT2D eigenvalue weighted by molar-refractivity contribution is 4.66. The van der Waals surface area contributed by atoms with E-state index in [2.05, 4.69) is 4.90 Å². The van der Waals surface area contributed by atoms with E-state index >= 15 is 0 Å². The minimum absolute atomic E-state index is 0.262. The zero-order chi connectivity index (χ0) is 9.68. The van der Waals surface area contributed by atoms with E-state index in [0.29, 0.717) is 13.3 Å². The first-order chi connectivity index (χ1) is 6.18. The molecule has 4 nitrogen and oxygen atoms in total. The zero-order valence-electron chi connectivity index (χ0n) is 8.40. The molecule has 0 saturated carbocycles. The molecule has 1 rings (SSSR count). The molecule has 4 heteroatoms. The summed E-state index contributed by atoms with van der Waals surface area (Å²) in [7, 11) is 1.99. The number of hydrogen-bond donors (Lipinski definition) is 1. The summed E-state index contributed by atoms with van der Waals surface area (Å²) in [4.78, 5) is 2.08. The molecule has 0 aromatic carbocycles. The van der Waals surface area contributed by atoms with Crippen molar-refractivity contribution in [2.45, 2.75) is 25.6 Å². The third-order valence-corrected chi connectivity index (χ3v) is 2.06. The highest BCUT2D eigenvalue weighted by Gasteiger charge is 2.16. The summed E-state index contributed by atoms with van der Waals surface area (Å²) >= 11 is 0. The Balaban J connectivity index is 2.14. The minimum atomic E-state index is -0.273. The lowest BCUT2D eigenvalue weighted by Crippen LogP contribution is -2.38. The van der Waals surface area contributed by atoms with Crippen LogP contribution in [-0.2, 0) is 9.47 Å². The van der Waals surface area contributed by atoms with Gasteiger partial charge in [0.15, 0.2) is 0 Å². The summed E-state index contributed by atoms with van der Waals surface area (Å²) in [6, 6.07) is 0. The van der Waals surface area contributed by atoms with Crippen LogP contribution in [0.2, 0.25) is 0 Å². The normalized spacial score (nSPS) is 26.3. The molecule has 0 aromatic heterocycles. The molecule has 0 aliphatic carbocycles. The first-order valence-corrected chi connectivity index (χ1v) is 4.74. The fourth-order valence-electron chi connectivity index (χ4n) is 1.52. The van der Waals surface area contributed by atoms with Gasteiger partial charge in [-0.05, 0) is 20.4 Å². The van der Waals surface area contributed by atoms with Gasteiger partial charge in [0.25, 0.3) is 0 Å². The van der Waals surface area contributed by atoms with Crippen LogP contribution in [0.25, 0.3) is 0 Å². The van der Waals surface area contributed by atoms with Crippen LogP contribution < -0.4 is 0 Å². The van der Waals surface area contributed by atoms with Crippen LogP contribution in [0.5, 0.6) is 0 Å². The van der Waals surface area contributed by atoms with Gasteiger partial charge in [0.05, 0.1) is 18.8 Å². The molecule has 2 unspecified atom stereocenters. The van der Waals surface area contributed by atoms with Crippen molar-refractivity contribution < 1.29 is 14.6 Å². The smallest absolute Gasteiger partial charge is 0.147 e. The fraction of sp³-hybridized carbons (Fsp3) is 1.00. The number of rotatable bonds is 4. The van der Waals surface area contributed by atoms with Crippen LogP contribution in [-0.4, -0.2) is 55.8 Å². The molecule has 0 amide bonds. The third-order valence-electron chi connectivity index (χ3n) is 2.06. The van der Waals surface area contributed by atoms with Crippen molar-refractivity contribution in [2.24, 2.45) is 0 Å². The molecule has 1 aliphatic heterocycles. The lowest BCUT2D eigenvalue weighted by molar-refractivity contribution is -0.144. The summed E-state index contributed by atoms with van der Waals surface area (Å²) in [6.45, 7) is 4.55. The van der Waals surface area contributed by atoms with Gasteiger partial charge in [0.1, 0.15) is 6.79 Å². The van der Waals surface area contributed by atoms with Crippen molar-refractivity contribution in [3.8, 4) is 0 Å².